The first-order valence-electron chi connectivity index (χ1n) is 7.48. The second-order valence-electron chi connectivity index (χ2n) is 6.71. The van der Waals surface area contributed by atoms with Gasteiger partial charge in [0.05, 0.1) is 23.9 Å². The van der Waals surface area contributed by atoms with Crippen molar-refractivity contribution in [1.29, 1.82) is 0 Å². The van der Waals surface area contributed by atoms with Gasteiger partial charge in [-0.3, -0.25) is 4.79 Å². The predicted molar refractivity (Wildman–Crippen MR) is 88.3 cm³/mol. The van der Waals surface area contributed by atoms with E-state index in [2.05, 4.69) is 0 Å². The molecule has 0 aliphatic carbocycles. The van der Waals surface area contributed by atoms with Crippen molar-refractivity contribution in [1.82, 2.24) is 0 Å². The first-order valence-corrected chi connectivity index (χ1v) is 7.48. The van der Waals surface area contributed by atoms with Crippen molar-refractivity contribution in [3.8, 4) is 5.75 Å². The van der Waals surface area contributed by atoms with Gasteiger partial charge in [0.25, 0.3) is 0 Å². The van der Waals surface area contributed by atoms with Crippen molar-refractivity contribution < 1.29 is 23.2 Å². The van der Waals surface area contributed by atoms with E-state index in [1.165, 1.54) is 13.2 Å². The molecule has 124 valence electrons. The number of halogens is 1. The Morgan fingerprint density at radius 3 is 2.17 bits per heavy atom. The number of carbonyl (C=O) groups excluding carboxylic acids is 1. The molecule has 0 amide bonds. The van der Waals surface area contributed by atoms with Gasteiger partial charge in [0, 0.05) is 5.56 Å². The quantitative estimate of drug-likeness (QED) is 0.626. The van der Waals surface area contributed by atoms with Gasteiger partial charge in [-0.1, -0.05) is 0 Å². The molecule has 1 aliphatic rings. The van der Waals surface area contributed by atoms with Crippen LogP contribution in [0, 0.1) is 6.92 Å². The molecular weight excluding hydrogens is 298 g/mol. The molecule has 6 heteroatoms. The molecule has 0 bridgehead atoms. The SMILES string of the molecule is COc1c(C=O)cc(C)cc1C=C(F)B1OC(C)(C)C(C)(C)O1. The van der Waals surface area contributed by atoms with E-state index in [0.717, 1.165) is 5.56 Å². The molecule has 1 aromatic carbocycles. The Morgan fingerprint density at radius 1 is 1.17 bits per heavy atom. The van der Waals surface area contributed by atoms with Gasteiger partial charge in [-0.25, -0.2) is 4.39 Å². The summed E-state index contributed by atoms with van der Waals surface area (Å²) in [6.07, 6.45) is 1.98. The average Bonchev–Trinajstić information content (AvgIpc) is 2.67. The largest absolute Gasteiger partial charge is 0.525 e. The minimum atomic E-state index is -1.08. The second kappa shape index (κ2) is 6.09. The number of carbonyl (C=O) groups is 1. The standard InChI is InChI=1S/C17H22BFO4/c1-11-7-12(15(21-6)13(8-11)10-20)9-14(19)18-22-16(2,3)17(4,5)23-18/h7-10H,1-6H3. The van der Waals surface area contributed by atoms with Gasteiger partial charge in [-0.2, -0.15) is 0 Å². The fraction of sp³-hybridized carbons (Fsp3) is 0.471. The topological polar surface area (TPSA) is 44.8 Å². The Bertz CT molecular complexity index is 636. The van der Waals surface area contributed by atoms with E-state index in [0.29, 0.717) is 23.2 Å². The van der Waals surface area contributed by atoms with Crippen LogP contribution in [0.15, 0.2) is 17.9 Å². The zero-order valence-corrected chi connectivity index (χ0v) is 14.4. The number of aryl methyl sites for hydroxylation is 1. The number of rotatable bonds is 4. The monoisotopic (exact) mass is 320 g/mol. The van der Waals surface area contributed by atoms with Crippen molar-refractivity contribution in [3.63, 3.8) is 0 Å². The molecule has 0 aromatic heterocycles. The highest BCUT2D eigenvalue weighted by atomic mass is 19.1. The van der Waals surface area contributed by atoms with E-state index >= 15 is 0 Å². The van der Waals surface area contributed by atoms with Crippen molar-refractivity contribution in [3.05, 3.63) is 34.5 Å². The lowest BCUT2D eigenvalue weighted by Crippen LogP contribution is -2.41. The highest BCUT2D eigenvalue weighted by Crippen LogP contribution is 2.39. The molecule has 4 nitrogen and oxygen atoms in total. The highest BCUT2D eigenvalue weighted by molar-refractivity contribution is 6.54. The van der Waals surface area contributed by atoms with E-state index in [1.54, 1.807) is 12.1 Å². The fourth-order valence-corrected chi connectivity index (χ4v) is 2.43. The summed E-state index contributed by atoms with van der Waals surface area (Å²) >= 11 is 0. The Kier molecular flexibility index (Phi) is 4.69. The van der Waals surface area contributed by atoms with Gasteiger partial charge >= 0.3 is 7.12 Å². The molecular formula is C17H22BFO4. The van der Waals surface area contributed by atoms with Crippen LogP contribution in [0.2, 0.25) is 0 Å². The van der Waals surface area contributed by atoms with E-state index < -0.39 is 24.0 Å². The number of hydrogen-bond donors (Lipinski definition) is 0. The van der Waals surface area contributed by atoms with Crippen LogP contribution < -0.4 is 4.74 Å². The number of ether oxygens (including phenoxy) is 1. The maximum absolute atomic E-state index is 14.6. The third-order valence-electron chi connectivity index (χ3n) is 4.39. The van der Waals surface area contributed by atoms with Crippen LogP contribution in [0.25, 0.3) is 6.08 Å². The summed E-state index contributed by atoms with van der Waals surface area (Å²) in [6, 6.07) is 3.44. The predicted octanol–water partition coefficient (Wildman–Crippen LogP) is 3.76. The normalized spacial score (nSPS) is 19.8. The molecule has 1 saturated heterocycles. The molecule has 0 unspecified atom stereocenters. The summed E-state index contributed by atoms with van der Waals surface area (Å²) in [4.78, 5) is 11.2. The van der Waals surface area contributed by atoms with Crippen molar-refractivity contribution in [2.45, 2.75) is 45.8 Å². The van der Waals surface area contributed by atoms with Gasteiger partial charge in [0.2, 0.25) is 0 Å². The van der Waals surface area contributed by atoms with Crippen LogP contribution in [0.5, 0.6) is 5.75 Å². The third kappa shape index (κ3) is 3.33. The maximum atomic E-state index is 14.6. The molecule has 2 rings (SSSR count). The number of benzene rings is 1. The van der Waals surface area contributed by atoms with Crippen LogP contribution in [0.4, 0.5) is 4.39 Å². The lowest BCUT2D eigenvalue weighted by Gasteiger charge is -2.32. The van der Waals surface area contributed by atoms with E-state index in [9.17, 15) is 9.18 Å². The maximum Gasteiger partial charge on any atom is 0.525 e. The smallest absolute Gasteiger partial charge is 0.495 e. The van der Waals surface area contributed by atoms with Gasteiger partial charge in [-0.05, 0) is 58.4 Å². The average molecular weight is 320 g/mol. The molecule has 0 radical (unpaired) electrons. The summed E-state index contributed by atoms with van der Waals surface area (Å²) in [5, 5.41) is 0. The van der Waals surface area contributed by atoms with Crippen LogP contribution in [-0.2, 0) is 9.31 Å². The number of aldehydes is 1. The number of hydrogen-bond acceptors (Lipinski definition) is 4. The Balaban J connectivity index is 2.39. The summed E-state index contributed by atoms with van der Waals surface area (Å²) in [5.74, 6) is 0.331. The zero-order valence-electron chi connectivity index (χ0n) is 14.4. The second-order valence-corrected chi connectivity index (χ2v) is 6.71. The van der Waals surface area contributed by atoms with Crippen molar-refractivity contribution in [2.75, 3.05) is 7.11 Å². The highest BCUT2D eigenvalue weighted by Gasteiger charge is 2.53. The lowest BCUT2D eigenvalue weighted by atomic mass is 9.86. The summed E-state index contributed by atoms with van der Waals surface area (Å²) < 4.78 is 31.2. The molecule has 0 spiro atoms. The summed E-state index contributed by atoms with van der Waals surface area (Å²) in [6.45, 7) is 9.27. The van der Waals surface area contributed by atoms with E-state index in [-0.39, 0.29) is 0 Å². The van der Waals surface area contributed by atoms with Crippen LogP contribution in [0.3, 0.4) is 0 Å². The Hall–Kier alpha value is -1.66. The number of methoxy groups -OCH3 is 1. The first kappa shape index (κ1) is 17.7. The van der Waals surface area contributed by atoms with Crippen molar-refractivity contribution >= 4 is 19.5 Å². The molecule has 23 heavy (non-hydrogen) atoms. The minimum absolute atomic E-state index is 0.331. The molecule has 1 aliphatic heterocycles. The Labute approximate surface area is 136 Å². The van der Waals surface area contributed by atoms with Crippen LogP contribution in [-0.4, -0.2) is 31.7 Å². The molecule has 1 aromatic rings. The molecule has 0 atom stereocenters. The summed E-state index contributed by atoms with van der Waals surface area (Å²) in [5.41, 5.74) is -0.117. The summed E-state index contributed by atoms with van der Waals surface area (Å²) in [7, 11) is 0.367. The van der Waals surface area contributed by atoms with Gasteiger partial charge in [0.1, 0.15) is 11.5 Å². The third-order valence-corrected chi connectivity index (χ3v) is 4.39. The molecule has 0 saturated carbocycles. The fourth-order valence-electron chi connectivity index (χ4n) is 2.43. The van der Waals surface area contributed by atoms with Gasteiger partial charge in [-0.15, -0.1) is 0 Å². The molecule has 0 N–H and O–H groups in total. The van der Waals surface area contributed by atoms with Gasteiger partial charge in [0.15, 0.2) is 6.29 Å². The van der Waals surface area contributed by atoms with Crippen LogP contribution in [0.1, 0.15) is 49.2 Å². The molecule has 1 fully saturated rings. The zero-order chi connectivity index (χ0) is 17.4. The molecule has 1 heterocycles. The van der Waals surface area contributed by atoms with E-state index in [4.69, 9.17) is 14.0 Å². The van der Waals surface area contributed by atoms with Crippen LogP contribution >= 0.6 is 0 Å². The minimum Gasteiger partial charge on any atom is -0.495 e. The van der Waals surface area contributed by atoms with Gasteiger partial charge < -0.3 is 14.0 Å². The van der Waals surface area contributed by atoms with Crippen molar-refractivity contribution in [2.24, 2.45) is 0 Å². The van der Waals surface area contributed by atoms with E-state index in [1.807, 2.05) is 34.6 Å². The first-order chi connectivity index (χ1) is 10.6. The lowest BCUT2D eigenvalue weighted by molar-refractivity contribution is 0.00578. The Morgan fingerprint density at radius 2 is 1.70 bits per heavy atom.